The Morgan fingerprint density at radius 3 is 2.17 bits per heavy atom. The highest BCUT2D eigenvalue weighted by molar-refractivity contribution is 5.41. The summed E-state index contributed by atoms with van der Waals surface area (Å²) in [7, 11) is 0. The molecule has 0 aliphatic carbocycles. The van der Waals surface area contributed by atoms with Crippen molar-refractivity contribution in [2.45, 2.75) is 25.2 Å². The molecule has 3 atom stereocenters. The molecule has 0 saturated heterocycles. The molecule has 2 heterocycles. The number of hydrogen-bond donors (Lipinski definition) is 1. The zero-order chi connectivity index (χ0) is 16.4. The summed E-state index contributed by atoms with van der Waals surface area (Å²) in [6.45, 7) is 4.11. The Morgan fingerprint density at radius 2 is 1.46 bits per heavy atom. The van der Waals surface area contributed by atoms with Gasteiger partial charge in [0.2, 0.25) is 0 Å². The Morgan fingerprint density at radius 1 is 0.875 bits per heavy atom. The minimum absolute atomic E-state index is 0.0247. The van der Waals surface area contributed by atoms with Crippen LogP contribution in [0.25, 0.3) is 0 Å². The number of fused-ring (bicyclic) bond motifs is 2. The van der Waals surface area contributed by atoms with Crippen LogP contribution < -0.4 is 24.3 Å². The first kappa shape index (κ1) is 15.1. The predicted molar refractivity (Wildman–Crippen MR) is 89.0 cm³/mol. The van der Waals surface area contributed by atoms with Crippen LogP contribution >= 0.6 is 0 Å². The number of para-hydroxylation sites is 4. The van der Waals surface area contributed by atoms with Gasteiger partial charge >= 0.3 is 0 Å². The van der Waals surface area contributed by atoms with E-state index in [0.29, 0.717) is 13.2 Å². The Hall–Kier alpha value is -2.40. The molecule has 0 fully saturated rings. The Labute approximate surface area is 141 Å². The van der Waals surface area contributed by atoms with E-state index in [9.17, 15) is 0 Å². The molecule has 2 aliphatic rings. The molecule has 0 unspecified atom stereocenters. The number of rotatable bonds is 4. The van der Waals surface area contributed by atoms with Crippen molar-refractivity contribution in [3.05, 3.63) is 48.5 Å². The second-order valence-corrected chi connectivity index (χ2v) is 6.24. The summed E-state index contributed by atoms with van der Waals surface area (Å²) in [6.07, 6.45) is 0.0656. The fourth-order valence-electron chi connectivity index (χ4n) is 2.99. The lowest BCUT2D eigenvalue weighted by Gasteiger charge is -2.30. The average molecular weight is 328 g/mol. The molecular formula is C19H22NO4+. The number of quaternary nitrogens is 1. The van der Waals surface area contributed by atoms with Crippen molar-refractivity contribution < 1.29 is 24.3 Å². The lowest BCUT2D eigenvalue weighted by atomic mass is 10.1. The Kier molecular flexibility index (Phi) is 4.17. The number of hydrogen-bond acceptors (Lipinski definition) is 4. The lowest BCUT2D eigenvalue weighted by molar-refractivity contribution is -0.697. The van der Waals surface area contributed by atoms with Crippen molar-refractivity contribution in [3.63, 3.8) is 0 Å². The summed E-state index contributed by atoms with van der Waals surface area (Å²) in [4.78, 5) is 0. The van der Waals surface area contributed by atoms with Gasteiger partial charge in [0.15, 0.2) is 35.2 Å². The molecule has 2 aromatic carbocycles. The number of nitrogens with two attached hydrogens (primary N) is 1. The van der Waals surface area contributed by atoms with E-state index >= 15 is 0 Å². The monoisotopic (exact) mass is 328 g/mol. The third-order valence-corrected chi connectivity index (χ3v) is 4.46. The maximum Gasteiger partial charge on any atom is 0.184 e. The first-order chi connectivity index (χ1) is 11.8. The van der Waals surface area contributed by atoms with Gasteiger partial charge in [-0.15, -0.1) is 0 Å². The minimum Gasteiger partial charge on any atom is -0.486 e. The van der Waals surface area contributed by atoms with Gasteiger partial charge in [0.05, 0.1) is 0 Å². The van der Waals surface area contributed by atoms with E-state index in [1.165, 1.54) is 0 Å². The summed E-state index contributed by atoms with van der Waals surface area (Å²) in [5.41, 5.74) is 0. The highest BCUT2D eigenvalue weighted by atomic mass is 16.6. The van der Waals surface area contributed by atoms with E-state index in [1.54, 1.807) is 0 Å². The summed E-state index contributed by atoms with van der Waals surface area (Å²) < 4.78 is 23.6. The number of benzene rings is 2. The zero-order valence-corrected chi connectivity index (χ0v) is 13.7. The van der Waals surface area contributed by atoms with Crippen LogP contribution in [-0.2, 0) is 0 Å². The van der Waals surface area contributed by atoms with Gasteiger partial charge in [-0.3, -0.25) is 0 Å². The van der Waals surface area contributed by atoms with E-state index < -0.39 is 0 Å². The van der Waals surface area contributed by atoms with Gasteiger partial charge in [-0.25, -0.2) is 0 Å². The summed E-state index contributed by atoms with van der Waals surface area (Å²) in [6, 6.07) is 15.9. The van der Waals surface area contributed by atoms with Gasteiger partial charge < -0.3 is 24.3 Å². The molecule has 24 heavy (non-hydrogen) atoms. The Bertz CT molecular complexity index is 705. The molecule has 0 spiro atoms. The molecule has 0 radical (unpaired) electrons. The molecule has 2 aliphatic heterocycles. The van der Waals surface area contributed by atoms with Gasteiger partial charge in [0.1, 0.15) is 25.8 Å². The van der Waals surface area contributed by atoms with Crippen molar-refractivity contribution >= 4 is 0 Å². The van der Waals surface area contributed by atoms with Crippen molar-refractivity contribution in [2.24, 2.45) is 0 Å². The minimum atomic E-state index is 0.0247. The van der Waals surface area contributed by atoms with E-state index in [-0.39, 0.29) is 18.2 Å². The fraction of sp³-hybridized carbons (Fsp3) is 0.368. The second-order valence-electron chi connectivity index (χ2n) is 6.24. The van der Waals surface area contributed by atoms with Crippen LogP contribution in [0.1, 0.15) is 6.92 Å². The van der Waals surface area contributed by atoms with Crippen molar-refractivity contribution in [1.82, 2.24) is 0 Å². The molecule has 126 valence electrons. The van der Waals surface area contributed by atoms with Crippen molar-refractivity contribution in [1.29, 1.82) is 0 Å². The van der Waals surface area contributed by atoms with Crippen LogP contribution in [0.4, 0.5) is 0 Å². The molecule has 2 aromatic rings. The largest absolute Gasteiger partial charge is 0.486 e. The molecule has 5 nitrogen and oxygen atoms in total. The van der Waals surface area contributed by atoms with Crippen LogP contribution in [0.3, 0.4) is 0 Å². The van der Waals surface area contributed by atoms with Gasteiger partial charge in [0.25, 0.3) is 0 Å². The van der Waals surface area contributed by atoms with Crippen LogP contribution in [0, 0.1) is 0 Å². The SMILES string of the molecule is C[C@@H]([NH2+]C[C@@H]1COc2ccccc2O1)[C@@H]1COc2ccccc2O1. The van der Waals surface area contributed by atoms with Crippen LogP contribution in [-0.4, -0.2) is 38.0 Å². The quantitative estimate of drug-likeness (QED) is 0.927. The fourth-order valence-corrected chi connectivity index (χ4v) is 2.99. The number of ether oxygens (including phenoxy) is 4. The van der Waals surface area contributed by atoms with Gasteiger partial charge in [-0.05, 0) is 31.2 Å². The molecule has 0 amide bonds. The maximum absolute atomic E-state index is 6.06. The molecule has 0 saturated carbocycles. The second kappa shape index (κ2) is 6.61. The van der Waals surface area contributed by atoms with E-state index in [2.05, 4.69) is 12.2 Å². The normalized spacial score (nSPS) is 22.7. The first-order valence-electron chi connectivity index (χ1n) is 8.40. The van der Waals surface area contributed by atoms with Crippen LogP contribution in [0.15, 0.2) is 48.5 Å². The highest BCUT2D eigenvalue weighted by Gasteiger charge is 2.30. The molecule has 0 bridgehead atoms. The summed E-state index contributed by atoms with van der Waals surface area (Å²) in [5, 5.41) is 2.24. The highest BCUT2D eigenvalue weighted by Crippen LogP contribution is 2.32. The van der Waals surface area contributed by atoms with Crippen molar-refractivity contribution in [2.75, 3.05) is 19.8 Å². The molecular weight excluding hydrogens is 306 g/mol. The zero-order valence-electron chi connectivity index (χ0n) is 13.7. The molecule has 2 N–H and O–H groups in total. The average Bonchev–Trinajstić information content (AvgIpc) is 2.65. The van der Waals surface area contributed by atoms with Gasteiger partial charge in [0, 0.05) is 0 Å². The summed E-state index contributed by atoms with van der Waals surface area (Å²) >= 11 is 0. The van der Waals surface area contributed by atoms with E-state index in [1.807, 2.05) is 48.5 Å². The summed E-state index contributed by atoms with van der Waals surface area (Å²) in [5.74, 6) is 3.28. The first-order valence-corrected chi connectivity index (χ1v) is 8.40. The lowest BCUT2D eigenvalue weighted by Crippen LogP contribution is -2.94. The third-order valence-electron chi connectivity index (χ3n) is 4.46. The molecule has 4 rings (SSSR count). The van der Waals surface area contributed by atoms with E-state index in [0.717, 1.165) is 29.5 Å². The predicted octanol–water partition coefficient (Wildman–Crippen LogP) is 1.62. The molecule has 5 heteroatoms. The van der Waals surface area contributed by atoms with Crippen molar-refractivity contribution in [3.8, 4) is 23.0 Å². The molecule has 0 aromatic heterocycles. The van der Waals surface area contributed by atoms with Gasteiger partial charge in [-0.2, -0.15) is 0 Å². The van der Waals surface area contributed by atoms with Crippen LogP contribution in [0.2, 0.25) is 0 Å². The van der Waals surface area contributed by atoms with Gasteiger partial charge in [-0.1, -0.05) is 24.3 Å². The maximum atomic E-state index is 6.06. The smallest absolute Gasteiger partial charge is 0.184 e. The topological polar surface area (TPSA) is 53.5 Å². The Balaban J connectivity index is 1.31. The van der Waals surface area contributed by atoms with E-state index in [4.69, 9.17) is 18.9 Å². The third kappa shape index (κ3) is 3.12. The van der Waals surface area contributed by atoms with Crippen LogP contribution in [0.5, 0.6) is 23.0 Å². The standard InChI is InChI=1S/C19H21NO4/c1-13(19-12-22-16-7-3-5-9-18(16)24-19)20-10-14-11-21-15-6-2-4-8-17(15)23-14/h2-9,13-14,19-20H,10-12H2,1H3/p+1/t13-,14-,19+/m1/s1.